The van der Waals surface area contributed by atoms with E-state index in [1.54, 1.807) is 44.2 Å². The maximum atomic E-state index is 14.0. The number of aliphatic hydroxyl groups excluding tert-OH is 2. The van der Waals surface area contributed by atoms with Crippen LogP contribution in [0.5, 0.6) is 0 Å². The van der Waals surface area contributed by atoms with Gasteiger partial charge in [-0.1, -0.05) is 60.2 Å². The van der Waals surface area contributed by atoms with E-state index in [9.17, 15) is 23.4 Å². The Bertz CT molecular complexity index is 1790. The Morgan fingerprint density at radius 2 is 1.50 bits per heavy atom. The minimum atomic E-state index is -4.12. The molecular weight excluding hydrogens is 550 g/mol. The van der Waals surface area contributed by atoms with E-state index in [0.29, 0.717) is 0 Å². The minimum absolute atomic E-state index is 0.0773. The van der Waals surface area contributed by atoms with Crippen molar-refractivity contribution in [2.24, 2.45) is 0 Å². The predicted molar refractivity (Wildman–Crippen MR) is 166 cm³/mol. The van der Waals surface area contributed by atoms with Crippen molar-refractivity contribution in [3.63, 3.8) is 0 Å². The summed E-state index contributed by atoms with van der Waals surface area (Å²) in [4.78, 5) is 13.1. The molecule has 3 N–H and O–H groups in total. The van der Waals surface area contributed by atoms with E-state index in [0.717, 1.165) is 31.7 Å². The van der Waals surface area contributed by atoms with Crippen molar-refractivity contribution in [3.05, 3.63) is 108 Å². The lowest BCUT2D eigenvalue weighted by molar-refractivity contribution is 0.0869. The van der Waals surface area contributed by atoms with E-state index in [1.807, 2.05) is 60.0 Å². The summed E-state index contributed by atoms with van der Waals surface area (Å²) >= 11 is 0. The number of hydrogen-bond donors (Lipinski definition) is 3. The van der Waals surface area contributed by atoms with Gasteiger partial charge in [-0.25, -0.2) is 8.42 Å². The van der Waals surface area contributed by atoms with Crippen LogP contribution in [-0.4, -0.2) is 53.9 Å². The summed E-state index contributed by atoms with van der Waals surface area (Å²) in [6.07, 6.45) is -1.09. The molecule has 0 aliphatic rings. The highest BCUT2D eigenvalue weighted by atomic mass is 32.2. The molecule has 0 saturated heterocycles. The summed E-state index contributed by atoms with van der Waals surface area (Å²) in [6, 6.07) is 28.6. The molecule has 5 aromatic rings. The summed E-state index contributed by atoms with van der Waals surface area (Å²) < 4.78 is 31.2. The zero-order valence-corrected chi connectivity index (χ0v) is 24.7. The molecule has 0 unspecified atom stereocenters. The Balaban J connectivity index is 1.53. The van der Waals surface area contributed by atoms with E-state index in [2.05, 4.69) is 5.32 Å². The minimum Gasteiger partial charge on any atom is -0.394 e. The summed E-state index contributed by atoms with van der Waals surface area (Å²) in [5, 5.41) is 25.9. The molecule has 4 aromatic carbocycles. The summed E-state index contributed by atoms with van der Waals surface area (Å²) in [7, 11) is -4.12. The van der Waals surface area contributed by atoms with Crippen LogP contribution in [0, 0.1) is 6.92 Å². The number of amides is 1. The number of aliphatic hydroxyl groups is 2. The summed E-state index contributed by atoms with van der Waals surface area (Å²) in [5.41, 5.74) is 2.41. The van der Waals surface area contributed by atoms with E-state index >= 15 is 0 Å². The Morgan fingerprint density at radius 1 is 0.905 bits per heavy atom. The number of para-hydroxylation sites is 2. The number of carbonyl (C=O) groups is 1. The van der Waals surface area contributed by atoms with Crippen LogP contribution in [0.25, 0.3) is 21.8 Å². The van der Waals surface area contributed by atoms with Crippen LogP contribution >= 0.6 is 0 Å². The van der Waals surface area contributed by atoms with Crippen LogP contribution in [0.4, 0.5) is 5.69 Å². The molecule has 9 heteroatoms. The highest BCUT2D eigenvalue weighted by molar-refractivity contribution is 7.92. The molecule has 0 spiro atoms. The van der Waals surface area contributed by atoms with Gasteiger partial charge in [-0.15, -0.1) is 0 Å². The summed E-state index contributed by atoms with van der Waals surface area (Å²) in [5.74, 6) is -0.450. The molecule has 0 aliphatic heterocycles. The molecule has 218 valence electrons. The van der Waals surface area contributed by atoms with Gasteiger partial charge in [0.05, 0.1) is 41.9 Å². The van der Waals surface area contributed by atoms with Crippen molar-refractivity contribution in [1.29, 1.82) is 0 Å². The first-order valence-corrected chi connectivity index (χ1v) is 15.2. The quantitative estimate of drug-likeness (QED) is 0.217. The van der Waals surface area contributed by atoms with Gasteiger partial charge in [0.15, 0.2) is 0 Å². The van der Waals surface area contributed by atoms with E-state index in [1.165, 1.54) is 18.2 Å². The first-order valence-electron chi connectivity index (χ1n) is 13.8. The monoisotopic (exact) mass is 585 g/mol. The zero-order chi connectivity index (χ0) is 30.1. The number of sulfonamides is 1. The van der Waals surface area contributed by atoms with E-state index in [-0.39, 0.29) is 35.8 Å². The van der Waals surface area contributed by atoms with Crippen molar-refractivity contribution < 1.29 is 23.4 Å². The smallest absolute Gasteiger partial charge is 0.264 e. The normalized spacial score (nSPS) is 12.9. The molecule has 0 fully saturated rings. The average Bonchev–Trinajstić information content (AvgIpc) is 3.29. The Hall–Kier alpha value is -4.18. The lowest BCUT2D eigenvalue weighted by atomic mass is 10.1. The predicted octanol–water partition coefficient (Wildman–Crippen LogP) is 4.86. The number of carbonyl (C=O) groups excluding carboxylic acids is 1. The molecule has 42 heavy (non-hydrogen) atoms. The number of fused-ring (bicyclic) bond motifs is 3. The van der Waals surface area contributed by atoms with Crippen molar-refractivity contribution in [2.75, 3.05) is 17.5 Å². The fourth-order valence-electron chi connectivity index (χ4n) is 5.06. The number of nitrogens with zero attached hydrogens (tertiary/aromatic N) is 2. The SMILES string of the molecule is Cc1ccc(S(=O)(=O)N(C[C@@H](O)Cn2c3ccccc3c3ccccc32)c2cccc(C(=O)NC(C)(C)CO)c2)cc1. The van der Waals surface area contributed by atoms with E-state index < -0.39 is 27.6 Å². The van der Waals surface area contributed by atoms with Crippen LogP contribution in [0.15, 0.2) is 102 Å². The third-order valence-corrected chi connectivity index (χ3v) is 9.11. The lowest BCUT2D eigenvalue weighted by Gasteiger charge is -2.28. The molecule has 0 radical (unpaired) electrons. The largest absolute Gasteiger partial charge is 0.394 e. The van der Waals surface area contributed by atoms with Crippen LogP contribution in [0.3, 0.4) is 0 Å². The van der Waals surface area contributed by atoms with Crippen LogP contribution in [0.2, 0.25) is 0 Å². The average molecular weight is 586 g/mol. The number of benzene rings is 4. The van der Waals surface area contributed by atoms with Gasteiger partial charge in [0.25, 0.3) is 15.9 Å². The van der Waals surface area contributed by atoms with Gasteiger partial charge < -0.3 is 20.1 Å². The second-order valence-corrected chi connectivity index (χ2v) is 13.1. The van der Waals surface area contributed by atoms with Gasteiger partial charge in [0, 0.05) is 27.4 Å². The second kappa shape index (κ2) is 11.6. The maximum Gasteiger partial charge on any atom is 0.264 e. The Morgan fingerprint density at radius 3 is 2.10 bits per heavy atom. The highest BCUT2D eigenvalue weighted by Crippen LogP contribution is 2.30. The fourth-order valence-corrected chi connectivity index (χ4v) is 6.55. The Labute approximate surface area is 245 Å². The molecule has 1 aromatic heterocycles. The Kier molecular flexibility index (Phi) is 8.10. The lowest BCUT2D eigenvalue weighted by Crippen LogP contribution is -2.46. The number of aromatic nitrogens is 1. The molecule has 1 heterocycles. The van der Waals surface area contributed by atoms with Gasteiger partial charge in [-0.2, -0.15) is 0 Å². The second-order valence-electron chi connectivity index (χ2n) is 11.2. The number of rotatable bonds is 10. The first kappa shape index (κ1) is 29.3. The molecule has 8 nitrogen and oxygen atoms in total. The van der Waals surface area contributed by atoms with E-state index in [4.69, 9.17) is 0 Å². The van der Waals surface area contributed by atoms with Crippen LogP contribution < -0.4 is 9.62 Å². The van der Waals surface area contributed by atoms with Gasteiger partial charge in [-0.05, 0) is 63.2 Å². The van der Waals surface area contributed by atoms with Gasteiger partial charge in [0.1, 0.15) is 0 Å². The molecule has 0 bridgehead atoms. The molecular formula is C33H35N3O5S. The molecule has 1 atom stereocenters. The maximum absolute atomic E-state index is 14.0. The number of hydrogen-bond acceptors (Lipinski definition) is 5. The fraction of sp³-hybridized carbons (Fsp3) is 0.242. The molecule has 0 aliphatic carbocycles. The van der Waals surface area contributed by atoms with Crippen LogP contribution in [0.1, 0.15) is 29.8 Å². The van der Waals surface area contributed by atoms with Crippen molar-refractivity contribution >= 4 is 43.4 Å². The van der Waals surface area contributed by atoms with Gasteiger partial charge >= 0.3 is 0 Å². The zero-order valence-electron chi connectivity index (χ0n) is 23.9. The first-order chi connectivity index (χ1) is 20.0. The van der Waals surface area contributed by atoms with Crippen molar-refractivity contribution in [3.8, 4) is 0 Å². The van der Waals surface area contributed by atoms with Crippen molar-refractivity contribution in [1.82, 2.24) is 9.88 Å². The standard InChI is InChI=1S/C33H35N3O5S/c1-23-15-17-27(18-16-23)42(40,41)36(25-10-8-9-24(19-25)32(39)34-33(2,3)22-37)21-26(38)20-35-30-13-6-4-11-28(30)29-12-5-7-14-31(29)35/h4-19,26,37-38H,20-22H2,1-3H3,(H,34,39)/t26-/m0/s1. The molecule has 0 saturated carbocycles. The van der Waals surface area contributed by atoms with Gasteiger partial charge in [-0.3, -0.25) is 9.10 Å². The number of nitrogens with one attached hydrogen (secondary N) is 1. The topological polar surface area (TPSA) is 112 Å². The molecule has 1 amide bonds. The third kappa shape index (κ3) is 5.90. The summed E-state index contributed by atoms with van der Waals surface area (Å²) in [6.45, 7) is 4.89. The number of aryl methyl sites for hydroxylation is 1. The van der Waals surface area contributed by atoms with Crippen molar-refractivity contribution in [2.45, 2.75) is 43.9 Å². The van der Waals surface area contributed by atoms with Crippen LogP contribution in [-0.2, 0) is 16.6 Å². The van der Waals surface area contributed by atoms with Gasteiger partial charge in [0.2, 0.25) is 0 Å². The highest BCUT2D eigenvalue weighted by Gasteiger charge is 2.29. The molecule has 5 rings (SSSR count). The third-order valence-electron chi connectivity index (χ3n) is 7.30. The number of anilines is 1.